The highest BCUT2D eigenvalue weighted by molar-refractivity contribution is 6.04. The van der Waals surface area contributed by atoms with Gasteiger partial charge in [0, 0.05) is 56.8 Å². The highest BCUT2D eigenvalue weighted by Crippen LogP contribution is 2.23. The second kappa shape index (κ2) is 9.42. The topological polar surface area (TPSA) is 44.8 Å². The van der Waals surface area contributed by atoms with Crippen LogP contribution in [0.3, 0.4) is 0 Å². The molecule has 1 fully saturated rings. The highest BCUT2D eigenvalue weighted by Gasteiger charge is 2.17. The summed E-state index contributed by atoms with van der Waals surface area (Å²) in [6.07, 6.45) is 0. The first kappa shape index (κ1) is 21.3. The molecule has 0 atom stereocenters. The predicted octanol–water partition coefficient (Wildman–Crippen LogP) is 4.00. The van der Waals surface area contributed by atoms with Crippen molar-refractivity contribution in [2.24, 2.45) is 0 Å². The zero-order chi connectivity index (χ0) is 20.9. The van der Waals surface area contributed by atoms with Crippen LogP contribution in [0.4, 0.5) is 11.4 Å². The summed E-state index contributed by atoms with van der Waals surface area (Å²) in [5.74, 6) is -0.0787. The van der Waals surface area contributed by atoms with Gasteiger partial charge < -0.3 is 15.0 Å². The molecule has 0 aromatic heterocycles. The SMILES string of the molecule is COCCN1CCN(c2ccc(NC(=O)c3ccc(C(C)(C)C)cc3)cc2)CC1. The van der Waals surface area contributed by atoms with E-state index >= 15 is 0 Å². The number of amides is 1. The molecule has 1 heterocycles. The third kappa shape index (κ3) is 5.81. The molecule has 0 radical (unpaired) electrons. The van der Waals surface area contributed by atoms with Gasteiger partial charge in [0.25, 0.3) is 5.91 Å². The number of hydrogen-bond donors (Lipinski definition) is 1. The van der Waals surface area contributed by atoms with Gasteiger partial charge in [-0.25, -0.2) is 0 Å². The summed E-state index contributed by atoms with van der Waals surface area (Å²) in [5.41, 5.74) is 4.00. The lowest BCUT2D eigenvalue weighted by atomic mass is 9.87. The number of nitrogens with zero attached hydrogens (tertiary/aromatic N) is 2. The number of ether oxygens (including phenoxy) is 1. The first-order valence-electron chi connectivity index (χ1n) is 10.3. The van der Waals surface area contributed by atoms with E-state index in [-0.39, 0.29) is 11.3 Å². The van der Waals surface area contributed by atoms with Crippen molar-refractivity contribution in [3.63, 3.8) is 0 Å². The van der Waals surface area contributed by atoms with Crippen molar-refractivity contribution in [2.75, 3.05) is 56.7 Å². The predicted molar refractivity (Wildman–Crippen MR) is 120 cm³/mol. The van der Waals surface area contributed by atoms with E-state index in [1.165, 1.54) is 11.3 Å². The number of nitrogens with one attached hydrogen (secondary N) is 1. The Bertz CT molecular complexity index is 786. The summed E-state index contributed by atoms with van der Waals surface area (Å²) in [4.78, 5) is 17.4. The van der Waals surface area contributed by atoms with Gasteiger partial charge >= 0.3 is 0 Å². The van der Waals surface area contributed by atoms with Crippen molar-refractivity contribution in [3.8, 4) is 0 Å². The molecular formula is C24H33N3O2. The summed E-state index contributed by atoms with van der Waals surface area (Å²) in [7, 11) is 1.75. The number of piperazine rings is 1. The van der Waals surface area contributed by atoms with Crippen LogP contribution in [0.15, 0.2) is 48.5 Å². The number of carbonyl (C=O) groups is 1. The lowest BCUT2D eigenvalue weighted by molar-refractivity contribution is 0.102. The van der Waals surface area contributed by atoms with E-state index in [1.807, 2.05) is 36.4 Å². The molecule has 156 valence electrons. The molecule has 1 amide bonds. The Labute approximate surface area is 174 Å². The van der Waals surface area contributed by atoms with Gasteiger partial charge in [0.1, 0.15) is 0 Å². The molecule has 0 bridgehead atoms. The summed E-state index contributed by atoms with van der Waals surface area (Å²) in [6.45, 7) is 12.4. The van der Waals surface area contributed by atoms with Crippen LogP contribution in [0, 0.1) is 0 Å². The molecular weight excluding hydrogens is 362 g/mol. The molecule has 2 aromatic rings. The van der Waals surface area contributed by atoms with E-state index in [0.717, 1.165) is 45.0 Å². The molecule has 1 saturated heterocycles. The minimum absolute atomic E-state index is 0.0787. The molecule has 0 unspecified atom stereocenters. The largest absolute Gasteiger partial charge is 0.383 e. The minimum Gasteiger partial charge on any atom is -0.383 e. The van der Waals surface area contributed by atoms with Crippen LogP contribution >= 0.6 is 0 Å². The Morgan fingerprint density at radius 3 is 2.14 bits per heavy atom. The number of carbonyl (C=O) groups excluding carboxylic acids is 1. The second-order valence-electron chi connectivity index (χ2n) is 8.65. The monoisotopic (exact) mass is 395 g/mol. The zero-order valence-corrected chi connectivity index (χ0v) is 18.1. The van der Waals surface area contributed by atoms with Crippen LogP contribution in [0.5, 0.6) is 0 Å². The smallest absolute Gasteiger partial charge is 0.255 e. The van der Waals surface area contributed by atoms with Gasteiger partial charge in [-0.2, -0.15) is 0 Å². The van der Waals surface area contributed by atoms with Crippen LogP contribution in [-0.2, 0) is 10.2 Å². The fourth-order valence-electron chi connectivity index (χ4n) is 3.53. The van der Waals surface area contributed by atoms with E-state index in [2.05, 4.69) is 48.0 Å². The normalized spacial score (nSPS) is 15.4. The van der Waals surface area contributed by atoms with Crippen LogP contribution in [-0.4, -0.2) is 57.2 Å². The van der Waals surface area contributed by atoms with Crippen LogP contribution in [0.1, 0.15) is 36.7 Å². The van der Waals surface area contributed by atoms with Crippen LogP contribution in [0.2, 0.25) is 0 Å². The minimum atomic E-state index is -0.0787. The Balaban J connectivity index is 1.55. The van der Waals surface area contributed by atoms with Gasteiger partial charge in [0.05, 0.1) is 6.61 Å². The van der Waals surface area contributed by atoms with Crippen molar-refractivity contribution in [3.05, 3.63) is 59.7 Å². The number of rotatable bonds is 6. The van der Waals surface area contributed by atoms with E-state index in [4.69, 9.17) is 4.74 Å². The van der Waals surface area contributed by atoms with E-state index < -0.39 is 0 Å². The summed E-state index contributed by atoms with van der Waals surface area (Å²) in [5, 5.41) is 3.00. The molecule has 0 aliphatic carbocycles. The van der Waals surface area contributed by atoms with Gasteiger partial charge in [-0.05, 0) is 47.4 Å². The molecule has 5 nitrogen and oxygen atoms in total. The number of benzene rings is 2. The van der Waals surface area contributed by atoms with Gasteiger partial charge in [0.2, 0.25) is 0 Å². The number of hydrogen-bond acceptors (Lipinski definition) is 4. The maximum absolute atomic E-state index is 12.5. The lowest BCUT2D eigenvalue weighted by Crippen LogP contribution is -2.47. The van der Waals surface area contributed by atoms with Crippen LogP contribution in [0.25, 0.3) is 0 Å². The fraction of sp³-hybridized carbons (Fsp3) is 0.458. The molecule has 1 aliphatic heterocycles. The van der Waals surface area contributed by atoms with Crippen molar-refractivity contribution in [1.29, 1.82) is 0 Å². The van der Waals surface area contributed by atoms with Crippen molar-refractivity contribution >= 4 is 17.3 Å². The number of anilines is 2. The Morgan fingerprint density at radius 1 is 0.966 bits per heavy atom. The third-order valence-corrected chi connectivity index (χ3v) is 5.49. The molecule has 3 rings (SSSR count). The average molecular weight is 396 g/mol. The molecule has 5 heteroatoms. The Morgan fingerprint density at radius 2 is 1.59 bits per heavy atom. The molecule has 1 N–H and O–H groups in total. The van der Waals surface area contributed by atoms with E-state index in [9.17, 15) is 4.79 Å². The van der Waals surface area contributed by atoms with Gasteiger partial charge in [0.15, 0.2) is 0 Å². The third-order valence-electron chi connectivity index (χ3n) is 5.49. The maximum atomic E-state index is 12.5. The lowest BCUT2D eigenvalue weighted by Gasteiger charge is -2.36. The summed E-state index contributed by atoms with van der Waals surface area (Å²) in [6, 6.07) is 16.0. The van der Waals surface area contributed by atoms with Crippen molar-refractivity contribution in [2.45, 2.75) is 26.2 Å². The zero-order valence-electron chi connectivity index (χ0n) is 18.1. The Hall–Kier alpha value is -2.37. The second-order valence-corrected chi connectivity index (χ2v) is 8.65. The van der Waals surface area contributed by atoms with E-state index in [1.54, 1.807) is 7.11 Å². The first-order valence-corrected chi connectivity index (χ1v) is 10.3. The van der Waals surface area contributed by atoms with Crippen molar-refractivity contribution in [1.82, 2.24) is 4.90 Å². The first-order chi connectivity index (χ1) is 13.9. The van der Waals surface area contributed by atoms with Gasteiger partial charge in [-0.15, -0.1) is 0 Å². The van der Waals surface area contributed by atoms with Crippen molar-refractivity contribution < 1.29 is 9.53 Å². The summed E-state index contributed by atoms with van der Waals surface area (Å²) >= 11 is 0. The Kier molecular flexibility index (Phi) is 6.93. The van der Waals surface area contributed by atoms with E-state index in [0.29, 0.717) is 5.56 Å². The van der Waals surface area contributed by atoms with Gasteiger partial charge in [-0.3, -0.25) is 9.69 Å². The number of methoxy groups -OCH3 is 1. The maximum Gasteiger partial charge on any atom is 0.255 e. The average Bonchev–Trinajstić information content (AvgIpc) is 2.73. The molecule has 29 heavy (non-hydrogen) atoms. The molecule has 0 spiro atoms. The highest BCUT2D eigenvalue weighted by atomic mass is 16.5. The molecule has 2 aromatic carbocycles. The standard InChI is InChI=1S/C24H33N3O2/c1-24(2,3)20-7-5-19(6-8-20)23(28)25-21-9-11-22(12-10-21)27-15-13-26(14-16-27)17-18-29-4/h5-12H,13-18H2,1-4H3,(H,25,28). The fourth-order valence-corrected chi connectivity index (χ4v) is 3.53. The summed E-state index contributed by atoms with van der Waals surface area (Å²) < 4.78 is 5.16. The quantitative estimate of drug-likeness (QED) is 0.803. The molecule has 1 aliphatic rings. The van der Waals surface area contributed by atoms with Gasteiger partial charge in [-0.1, -0.05) is 32.9 Å². The van der Waals surface area contributed by atoms with Crippen LogP contribution < -0.4 is 10.2 Å². The molecule has 0 saturated carbocycles.